The molecule has 1 aromatic heterocycles. The zero-order valence-corrected chi connectivity index (χ0v) is 13.5. The molecule has 0 bridgehead atoms. The van der Waals surface area contributed by atoms with Crippen LogP contribution in [0.4, 0.5) is 4.39 Å². The number of oxazole rings is 1. The molecule has 128 valence electrons. The summed E-state index contributed by atoms with van der Waals surface area (Å²) in [7, 11) is 0. The molecule has 1 aliphatic heterocycles. The van der Waals surface area contributed by atoms with Crippen LogP contribution in [-0.2, 0) is 11.3 Å². The van der Waals surface area contributed by atoms with Crippen molar-refractivity contribution in [3.8, 4) is 0 Å². The van der Waals surface area contributed by atoms with Gasteiger partial charge in [-0.05, 0) is 30.2 Å². The van der Waals surface area contributed by atoms with Gasteiger partial charge in [-0.1, -0.05) is 30.3 Å². The molecule has 25 heavy (non-hydrogen) atoms. The minimum Gasteiger partial charge on any atom is -0.408 e. The first kappa shape index (κ1) is 15.6. The summed E-state index contributed by atoms with van der Waals surface area (Å²) >= 11 is 0. The summed E-state index contributed by atoms with van der Waals surface area (Å²) in [4.78, 5) is 26.3. The van der Waals surface area contributed by atoms with Crippen LogP contribution in [0.3, 0.4) is 0 Å². The third kappa shape index (κ3) is 2.84. The molecule has 3 aromatic rings. The number of nitrogens with zero attached hydrogens (tertiary/aromatic N) is 2. The van der Waals surface area contributed by atoms with E-state index in [0.29, 0.717) is 36.2 Å². The molecule has 2 aromatic carbocycles. The highest BCUT2D eigenvalue weighted by atomic mass is 19.1. The van der Waals surface area contributed by atoms with Crippen molar-refractivity contribution in [3.05, 3.63) is 70.5 Å². The van der Waals surface area contributed by atoms with Gasteiger partial charge >= 0.3 is 5.76 Å². The summed E-state index contributed by atoms with van der Waals surface area (Å²) in [6, 6.07) is 13.7. The second-order valence-corrected chi connectivity index (χ2v) is 6.27. The van der Waals surface area contributed by atoms with E-state index in [4.69, 9.17) is 4.42 Å². The van der Waals surface area contributed by atoms with Crippen LogP contribution < -0.4 is 5.76 Å². The van der Waals surface area contributed by atoms with Crippen LogP contribution >= 0.6 is 0 Å². The lowest BCUT2D eigenvalue weighted by Gasteiger charge is -2.17. The number of aromatic nitrogens is 1. The number of carbonyl (C=O) groups excluding carboxylic acids is 1. The van der Waals surface area contributed by atoms with E-state index in [-0.39, 0.29) is 24.2 Å². The molecule has 1 saturated heterocycles. The highest BCUT2D eigenvalue weighted by molar-refractivity contribution is 5.79. The van der Waals surface area contributed by atoms with Crippen LogP contribution in [0.15, 0.2) is 57.7 Å². The van der Waals surface area contributed by atoms with Crippen molar-refractivity contribution < 1.29 is 13.6 Å². The van der Waals surface area contributed by atoms with Gasteiger partial charge in [0.1, 0.15) is 12.4 Å². The molecule has 0 radical (unpaired) electrons. The van der Waals surface area contributed by atoms with E-state index in [1.54, 1.807) is 47.4 Å². The summed E-state index contributed by atoms with van der Waals surface area (Å²) in [6.07, 6.45) is 0.716. The Balaban J connectivity index is 1.52. The minimum atomic E-state index is -0.542. The van der Waals surface area contributed by atoms with Gasteiger partial charge in [-0.2, -0.15) is 0 Å². The van der Waals surface area contributed by atoms with Gasteiger partial charge in [-0.25, -0.2) is 9.18 Å². The van der Waals surface area contributed by atoms with Crippen molar-refractivity contribution in [2.75, 3.05) is 13.1 Å². The molecule has 0 saturated carbocycles. The van der Waals surface area contributed by atoms with Crippen LogP contribution in [-0.4, -0.2) is 28.5 Å². The number of rotatable bonds is 3. The molecule has 1 atom stereocenters. The summed E-state index contributed by atoms with van der Waals surface area (Å²) in [5, 5.41) is 0. The van der Waals surface area contributed by atoms with E-state index in [9.17, 15) is 14.0 Å². The molecule has 1 amide bonds. The number of hydrogen-bond donors (Lipinski definition) is 0. The maximum Gasteiger partial charge on any atom is 0.420 e. The normalized spacial score (nSPS) is 17.3. The van der Waals surface area contributed by atoms with Crippen molar-refractivity contribution in [1.29, 1.82) is 0 Å². The molecule has 4 rings (SSSR count). The molecule has 6 heteroatoms. The minimum absolute atomic E-state index is 0.0111. The zero-order valence-electron chi connectivity index (χ0n) is 13.5. The Kier molecular flexibility index (Phi) is 3.87. The number of amides is 1. The molecule has 1 unspecified atom stereocenters. The molecule has 5 nitrogen and oxygen atoms in total. The van der Waals surface area contributed by atoms with Gasteiger partial charge in [-0.3, -0.25) is 9.36 Å². The van der Waals surface area contributed by atoms with Gasteiger partial charge in [-0.15, -0.1) is 0 Å². The summed E-state index contributed by atoms with van der Waals surface area (Å²) < 4.78 is 20.4. The lowest BCUT2D eigenvalue weighted by atomic mass is 9.98. The fraction of sp³-hybridized carbons (Fsp3) is 0.263. The Hall–Kier alpha value is -2.89. The van der Waals surface area contributed by atoms with Gasteiger partial charge in [0.05, 0.1) is 5.52 Å². The highest BCUT2D eigenvalue weighted by Crippen LogP contribution is 2.29. The van der Waals surface area contributed by atoms with Crippen molar-refractivity contribution in [1.82, 2.24) is 9.47 Å². The topological polar surface area (TPSA) is 55.5 Å². The predicted molar refractivity (Wildman–Crippen MR) is 90.8 cm³/mol. The van der Waals surface area contributed by atoms with Crippen molar-refractivity contribution in [2.24, 2.45) is 0 Å². The fourth-order valence-corrected chi connectivity index (χ4v) is 3.45. The molecule has 2 heterocycles. The predicted octanol–water partition coefficient (Wildman–Crippen LogP) is 2.75. The number of hydrogen-bond acceptors (Lipinski definition) is 3. The summed E-state index contributed by atoms with van der Waals surface area (Å²) in [6.45, 7) is 0.951. The largest absolute Gasteiger partial charge is 0.420 e. The van der Waals surface area contributed by atoms with E-state index < -0.39 is 5.76 Å². The van der Waals surface area contributed by atoms with Gasteiger partial charge < -0.3 is 9.32 Å². The number of carbonyl (C=O) groups is 1. The van der Waals surface area contributed by atoms with Gasteiger partial charge in [0.25, 0.3) is 0 Å². The average Bonchev–Trinajstić information content (AvgIpc) is 3.21. The Morgan fingerprint density at radius 1 is 1.16 bits per heavy atom. The Bertz CT molecular complexity index is 991. The standard InChI is InChI=1S/C19H17FN2O3/c20-15-6-2-1-5-14(15)13-9-10-21(11-13)18(23)12-22-16-7-3-4-8-17(16)25-19(22)24/h1-8,13H,9-12H2. The maximum atomic E-state index is 13.9. The highest BCUT2D eigenvalue weighted by Gasteiger charge is 2.29. The molecule has 0 spiro atoms. The monoisotopic (exact) mass is 340 g/mol. The first-order valence-electron chi connectivity index (χ1n) is 8.24. The van der Waals surface area contributed by atoms with E-state index in [0.717, 1.165) is 0 Å². The average molecular weight is 340 g/mol. The third-order valence-electron chi connectivity index (χ3n) is 4.75. The molecule has 0 aliphatic carbocycles. The van der Waals surface area contributed by atoms with Crippen LogP contribution in [0.1, 0.15) is 17.9 Å². The number of fused-ring (bicyclic) bond motifs is 1. The van der Waals surface area contributed by atoms with E-state index in [1.165, 1.54) is 10.6 Å². The smallest absolute Gasteiger partial charge is 0.408 e. The van der Waals surface area contributed by atoms with Gasteiger partial charge in [0, 0.05) is 19.0 Å². The molecule has 1 fully saturated rings. The molecule has 1 aliphatic rings. The number of benzene rings is 2. The maximum absolute atomic E-state index is 13.9. The van der Waals surface area contributed by atoms with E-state index in [2.05, 4.69) is 0 Å². The fourth-order valence-electron chi connectivity index (χ4n) is 3.45. The lowest BCUT2D eigenvalue weighted by molar-refractivity contribution is -0.130. The Labute approximate surface area is 143 Å². The van der Waals surface area contributed by atoms with Crippen LogP contribution in [0.5, 0.6) is 0 Å². The lowest BCUT2D eigenvalue weighted by Crippen LogP contribution is -2.34. The summed E-state index contributed by atoms with van der Waals surface area (Å²) in [5.74, 6) is -0.950. The first-order chi connectivity index (χ1) is 12.1. The zero-order chi connectivity index (χ0) is 17.4. The Morgan fingerprint density at radius 3 is 2.76 bits per heavy atom. The van der Waals surface area contributed by atoms with Crippen LogP contribution in [0.25, 0.3) is 11.1 Å². The Morgan fingerprint density at radius 2 is 1.92 bits per heavy atom. The number of para-hydroxylation sites is 2. The summed E-state index contributed by atoms with van der Waals surface area (Å²) in [5.41, 5.74) is 1.71. The van der Waals surface area contributed by atoms with Gasteiger partial charge in [0.15, 0.2) is 5.58 Å². The van der Waals surface area contributed by atoms with Crippen molar-refractivity contribution in [3.63, 3.8) is 0 Å². The first-order valence-corrected chi connectivity index (χ1v) is 8.24. The van der Waals surface area contributed by atoms with E-state index in [1.807, 2.05) is 0 Å². The number of halogens is 1. The van der Waals surface area contributed by atoms with Crippen LogP contribution in [0.2, 0.25) is 0 Å². The van der Waals surface area contributed by atoms with Crippen LogP contribution in [0, 0.1) is 5.82 Å². The second-order valence-electron chi connectivity index (χ2n) is 6.27. The quantitative estimate of drug-likeness (QED) is 0.737. The van der Waals surface area contributed by atoms with Crippen molar-refractivity contribution >= 4 is 17.0 Å². The van der Waals surface area contributed by atoms with E-state index >= 15 is 0 Å². The van der Waals surface area contributed by atoms with Gasteiger partial charge in [0.2, 0.25) is 5.91 Å². The van der Waals surface area contributed by atoms with Crippen molar-refractivity contribution in [2.45, 2.75) is 18.9 Å². The second kappa shape index (κ2) is 6.20. The number of likely N-dealkylation sites (tertiary alicyclic amines) is 1. The third-order valence-corrected chi connectivity index (χ3v) is 4.75. The molecular weight excluding hydrogens is 323 g/mol. The molecule has 0 N–H and O–H groups in total. The molecular formula is C19H17FN2O3. The SMILES string of the molecule is O=C(Cn1c(=O)oc2ccccc21)N1CCC(c2ccccc2F)C1.